The molecule has 47 heavy (non-hydrogen) atoms. The Morgan fingerprint density at radius 3 is 2.06 bits per heavy atom. The zero-order chi connectivity index (χ0) is 36.1. The first-order chi connectivity index (χ1) is 21.6. The summed E-state index contributed by atoms with van der Waals surface area (Å²) in [5.41, 5.74) is -0.235. The number of hydrogen-bond donors (Lipinski definition) is 3. The molecule has 1 saturated heterocycles. The van der Waals surface area contributed by atoms with Gasteiger partial charge in [-0.15, -0.1) is 0 Å². The molecule has 1 aromatic rings. The van der Waals surface area contributed by atoms with Gasteiger partial charge in [-0.2, -0.15) is 13.2 Å². The number of carbonyl (C=O) groups excluding carboxylic acids is 4. The molecule has 0 aromatic heterocycles. The molecule has 5 atom stereocenters. The fourth-order valence-corrected chi connectivity index (χ4v) is 7.06. The molecule has 0 bridgehead atoms. The van der Waals surface area contributed by atoms with Crippen LogP contribution in [0.5, 0.6) is 0 Å². The Balaban J connectivity index is 2.25. The maximum atomic E-state index is 13.8. The van der Waals surface area contributed by atoms with Crippen molar-refractivity contribution in [2.45, 2.75) is 84.5 Å². The molecule has 0 spiro atoms. The van der Waals surface area contributed by atoms with Crippen LogP contribution in [0, 0.1) is 29.1 Å². The van der Waals surface area contributed by atoms with Gasteiger partial charge in [0.2, 0.25) is 17.7 Å². The Labute approximate surface area is 275 Å². The van der Waals surface area contributed by atoms with Crippen LogP contribution in [-0.4, -0.2) is 76.0 Å². The number of alkyl halides is 3. The molecular formula is C32H47F3N4O7S. The minimum Gasteiger partial charge on any atom is -0.378 e. The van der Waals surface area contributed by atoms with Gasteiger partial charge in [-0.1, -0.05) is 47.6 Å². The molecule has 264 valence electrons. The van der Waals surface area contributed by atoms with Crippen molar-refractivity contribution in [3.63, 3.8) is 0 Å². The summed E-state index contributed by atoms with van der Waals surface area (Å²) in [7, 11) is -1.50. The average molecular weight is 689 g/mol. The highest BCUT2D eigenvalue weighted by Gasteiger charge is 2.42. The Morgan fingerprint density at radius 2 is 1.60 bits per heavy atom. The molecule has 0 aliphatic carbocycles. The second-order valence-corrected chi connectivity index (χ2v) is 15.0. The number of likely N-dealkylation sites (tertiary alicyclic amines) is 1. The molecule has 0 saturated carbocycles. The number of carbonyl (C=O) groups is 4. The number of ether oxygens (including phenoxy) is 1. The lowest BCUT2D eigenvalue weighted by Gasteiger charge is -2.37. The molecule has 3 N–H and O–H groups in total. The Morgan fingerprint density at radius 1 is 1.02 bits per heavy atom. The van der Waals surface area contributed by atoms with E-state index in [1.807, 2.05) is 45.4 Å². The fourth-order valence-electron chi connectivity index (χ4n) is 5.99. The highest BCUT2D eigenvalue weighted by molar-refractivity contribution is 7.90. The van der Waals surface area contributed by atoms with E-state index in [2.05, 4.69) is 5.32 Å². The standard InChI is InChI=1S/C32H47F3N4O7S/c1-18(2)23(25(28(41)36-8)31(5,6)7)17-19(3)29(42)39-16-10-11-24(39)26(46-9)20(4)27(40)38-47(44,45)22-14-12-21(13-15-22)37-30(43)32(33,34)35/h12-15,17-18,20,23-26H,10-11,16H2,1-9H3,(H,36,41)(H,37,43)(H,38,40)/b19-17+/t20-,23-,24+,25?,26-/m1/s1. The van der Waals surface area contributed by atoms with E-state index in [4.69, 9.17) is 4.74 Å². The van der Waals surface area contributed by atoms with Crippen molar-refractivity contribution in [3.05, 3.63) is 35.9 Å². The summed E-state index contributed by atoms with van der Waals surface area (Å²) >= 11 is 0. The monoisotopic (exact) mass is 688 g/mol. The van der Waals surface area contributed by atoms with Crippen molar-refractivity contribution in [1.29, 1.82) is 0 Å². The number of amides is 4. The lowest BCUT2D eigenvalue weighted by atomic mass is 9.68. The van der Waals surface area contributed by atoms with Crippen molar-refractivity contribution in [2.75, 3.05) is 26.0 Å². The van der Waals surface area contributed by atoms with Crippen LogP contribution in [0.3, 0.4) is 0 Å². The number of nitrogens with zero attached hydrogens (tertiary/aromatic N) is 1. The van der Waals surface area contributed by atoms with Crippen LogP contribution < -0.4 is 15.4 Å². The van der Waals surface area contributed by atoms with Gasteiger partial charge < -0.3 is 20.3 Å². The van der Waals surface area contributed by atoms with Crippen LogP contribution in [-0.2, 0) is 33.9 Å². The van der Waals surface area contributed by atoms with Crippen LogP contribution in [0.15, 0.2) is 40.8 Å². The normalized spacial score (nSPS) is 18.7. The minimum atomic E-state index is -5.13. The Hall–Kier alpha value is -3.46. The number of halogens is 3. The van der Waals surface area contributed by atoms with Gasteiger partial charge in [-0.05, 0) is 61.3 Å². The topological polar surface area (TPSA) is 151 Å². The molecule has 2 rings (SSSR count). The molecule has 1 aromatic carbocycles. The zero-order valence-electron chi connectivity index (χ0n) is 28.3. The first-order valence-corrected chi connectivity index (χ1v) is 16.8. The Bertz CT molecular complexity index is 1440. The maximum Gasteiger partial charge on any atom is 0.471 e. The van der Waals surface area contributed by atoms with E-state index in [0.29, 0.717) is 25.0 Å². The van der Waals surface area contributed by atoms with Gasteiger partial charge in [0.05, 0.1) is 23.0 Å². The molecule has 1 heterocycles. The van der Waals surface area contributed by atoms with Gasteiger partial charge in [-0.25, -0.2) is 13.1 Å². The minimum absolute atomic E-state index is 0.0425. The van der Waals surface area contributed by atoms with Gasteiger partial charge in [0.1, 0.15) is 0 Å². The predicted molar refractivity (Wildman–Crippen MR) is 170 cm³/mol. The van der Waals surface area contributed by atoms with Crippen LogP contribution in [0.4, 0.5) is 18.9 Å². The van der Waals surface area contributed by atoms with Gasteiger partial charge in [-0.3, -0.25) is 19.2 Å². The number of benzene rings is 1. The SMILES string of the molecule is CNC(=O)C([C@H](/C=C(\C)C(=O)N1CCC[C@H]1[C@H](OC)[C@@H](C)C(=O)NS(=O)(=O)c1ccc(NC(=O)C(F)(F)F)cc1)C(C)C)C(C)(C)C. The second-order valence-electron chi connectivity index (χ2n) is 13.3. The van der Waals surface area contributed by atoms with Crippen molar-refractivity contribution < 1.29 is 45.5 Å². The summed E-state index contributed by atoms with van der Waals surface area (Å²) < 4.78 is 71.1. The molecule has 1 aliphatic heterocycles. The van der Waals surface area contributed by atoms with Crippen LogP contribution in [0.2, 0.25) is 0 Å². The number of methoxy groups -OCH3 is 1. The number of anilines is 1. The molecule has 1 fully saturated rings. The third kappa shape index (κ3) is 10.0. The van der Waals surface area contributed by atoms with E-state index in [0.717, 1.165) is 24.3 Å². The van der Waals surface area contributed by atoms with Gasteiger partial charge in [0.15, 0.2) is 0 Å². The largest absolute Gasteiger partial charge is 0.471 e. The molecule has 1 unspecified atom stereocenters. The lowest BCUT2D eigenvalue weighted by Crippen LogP contribution is -2.50. The molecule has 4 amide bonds. The maximum absolute atomic E-state index is 13.8. The van der Waals surface area contributed by atoms with Crippen molar-refractivity contribution >= 4 is 39.3 Å². The second kappa shape index (κ2) is 15.6. The number of rotatable bonds is 12. The first-order valence-electron chi connectivity index (χ1n) is 15.4. The predicted octanol–water partition coefficient (Wildman–Crippen LogP) is 4.26. The van der Waals surface area contributed by atoms with E-state index < -0.39 is 56.9 Å². The van der Waals surface area contributed by atoms with Crippen LogP contribution in [0.25, 0.3) is 0 Å². The summed E-state index contributed by atoms with van der Waals surface area (Å²) in [4.78, 5) is 52.3. The number of nitrogens with one attached hydrogen (secondary N) is 3. The summed E-state index contributed by atoms with van der Waals surface area (Å²) in [6.45, 7) is 13.5. The van der Waals surface area contributed by atoms with Gasteiger partial charge >= 0.3 is 12.1 Å². The number of allylic oxidation sites excluding steroid dienone is 1. The van der Waals surface area contributed by atoms with E-state index in [9.17, 15) is 40.8 Å². The van der Waals surface area contributed by atoms with Crippen LogP contribution >= 0.6 is 0 Å². The smallest absolute Gasteiger partial charge is 0.378 e. The Kier molecular flexibility index (Phi) is 13.2. The molecular weight excluding hydrogens is 641 g/mol. The van der Waals surface area contributed by atoms with Gasteiger partial charge in [0.25, 0.3) is 10.0 Å². The third-order valence-electron chi connectivity index (χ3n) is 8.43. The summed E-state index contributed by atoms with van der Waals surface area (Å²) in [5.74, 6) is -5.17. The zero-order valence-corrected chi connectivity index (χ0v) is 29.1. The van der Waals surface area contributed by atoms with Crippen LogP contribution in [0.1, 0.15) is 61.3 Å². The summed E-state index contributed by atoms with van der Waals surface area (Å²) in [6, 6.07) is 3.27. The van der Waals surface area contributed by atoms with Crippen molar-refractivity contribution in [3.8, 4) is 0 Å². The number of hydrogen-bond acceptors (Lipinski definition) is 7. The number of sulfonamides is 1. The van der Waals surface area contributed by atoms with Crippen molar-refractivity contribution in [1.82, 2.24) is 14.9 Å². The summed E-state index contributed by atoms with van der Waals surface area (Å²) in [6.07, 6.45) is -3.02. The molecule has 11 nitrogen and oxygen atoms in total. The quantitative estimate of drug-likeness (QED) is 0.278. The highest BCUT2D eigenvalue weighted by atomic mass is 32.2. The molecule has 1 aliphatic rings. The third-order valence-corrected chi connectivity index (χ3v) is 9.79. The van der Waals surface area contributed by atoms with Crippen molar-refractivity contribution in [2.24, 2.45) is 29.1 Å². The van der Waals surface area contributed by atoms with E-state index in [-0.39, 0.29) is 34.8 Å². The fraction of sp³-hybridized carbons (Fsp3) is 0.625. The first kappa shape index (κ1) is 39.7. The van der Waals surface area contributed by atoms with E-state index in [1.165, 1.54) is 14.0 Å². The average Bonchev–Trinajstić information content (AvgIpc) is 3.44. The van der Waals surface area contributed by atoms with E-state index >= 15 is 0 Å². The van der Waals surface area contributed by atoms with Gasteiger partial charge in [0, 0.05) is 37.9 Å². The summed E-state index contributed by atoms with van der Waals surface area (Å²) in [5, 5.41) is 4.36. The van der Waals surface area contributed by atoms with E-state index in [1.54, 1.807) is 24.2 Å². The molecule has 15 heteroatoms. The highest BCUT2D eigenvalue weighted by Crippen LogP contribution is 2.38. The lowest BCUT2D eigenvalue weighted by molar-refractivity contribution is -0.167. The molecule has 0 radical (unpaired) electrons.